The number of hydrogen-bond acceptors (Lipinski definition) is 2. The Morgan fingerprint density at radius 1 is 1.33 bits per heavy atom. The number of carbonyl (C=O) groups excluding carboxylic acids is 1. The van der Waals surface area contributed by atoms with Crippen molar-refractivity contribution in [1.29, 1.82) is 0 Å². The van der Waals surface area contributed by atoms with Crippen molar-refractivity contribution < 1.29 is 9.90 Å². The molecule has 12 heavy (non-hydrogen) atoms. The minimum atomic E-state index is -0.371. The highest BCUT2D eigenvalue weighted by molar-refractivity contribution is 5.76. The molecule has 0 atom stereocenters. The molecule has 0 aliphatic heterocycles. The summed E-state index contributed by atoms with van der Waals surface area (Å²) in [5.41, 5.74) is 0. The number of carbonyl (C=O) groups is 1. The molecule has 0 saturated carbocycles. The summed E-state index contributed by atoms with van der Waals surface area (Å²) >= 11 is 0. The number of likely N-dealkylation sites (N-methyl/N-ethyl adjacent to an activating group) is 1. The number of amides is 1. The van der Waals surface area contributed by atoms with E-state index in [1.54, 1.807) is 11.9 Å². The molecule has 0 bridgehead atoms. The van der Waals surface area contributed by atoms with Crippen LogP contribution < -0.4 is 0 Å². The first-order valence-electron chi connectivity index (χ1n) is 4.57. The van der Waals surface area contributed by atoms with Gasteiger partial charge in [-0.2, -0.15) is 0 Å². The molecule has 0 saturated heterocycles. The normalized spacial score (nSPS) is 9.92. The summed E-state index contributed by atoms with van der Waals surface area (Å²) in [7, 11) is 1.73. The van der Waals surface area contributed by atoms with E-state index in [9.17, 15) is 4.79 Å². The molecule has 0 fully saturated rings. The minimum absolute atomic E-state index is 0.188. The van der Waals surface area contributed by atoms with Gasteiger partial charge in [0.25, 0.3) is 0 Å². The number of aliphatic hydroxyl groups is 1. The number of hydrogen-bond donors (Lipinski definition) is 1. The first kappa shape index (κ1) is 11.4. The van der Waals surface area contributed by atoms with E-state index in [1.807, 2.05) is 0 Å². The second-order valence-corrected chi connectivity index (χ2v) is 3.03. The standard InChI is InChI=1S/C9H19NO2/c1-3-4-5-6-7-10(2)9(12)8-11/h11H,3-8H2,1-2H3. The van der Waals surface area contributed by atoms with Gasteiger partial charge in [0.1, 0.15) is 6.61 Å². The van der Waals surface area contributed by atoms with Gasteiger partial charge in [-0.05, 0) is 6.42 Å². The van der Waals surface area contributed by atoms with Crippen LogP contribution in [-0.2, 0) is 4.79 Å². The van der Waals surface area contributed by atoms with Crippen molar-refractivity contribution in [2.24, 2.45) is 0 Å². The Morgan fingerprint density at radius 2 is 2.00 bits per heavy atom. The van der Waals surface area contributed by atoms with Crippen molar-refractivity contribution in [3.8, 4) is 0 Å². The average Bonchev–Trinajstić information content (AvgIpc) is 2.10. The average molecular weight is 173 g/mol. The summed E-state index contributed by atoms with van der Waals surface area (Å²) in [5.74, 6) is -0.188. The fraction of sp³-hybridized carbons (Fsp3) is 0.889. The van der Waals surface area contributed by atoms with Crippen molar-refractivity contribution in [3.63, 3.8) is 0 Å². The SMILES string of the molecule is CCCCCCN(C)C(=O)CO. The van der Waals surface area contributed by atoms with Gasteiger partial charge in [-0.3, -0.25) is 4.79 Å². The third-order valence-electron chi connectivity index (χ3n) is 1.91. The van der Waals surface area contributed by atoms with Crippen LogP contribution in [0.3, 0.4) is 0 Å². The van der Waals surface area contributed by atoms with E-state index < -0.39 is 0 Å². The molecule has 0 aromatic rings. The van der Waals surface area contributed by atoms with Gasteiger partial charge in [0, 0.05) is 13.6 Å². The monoisotopic (exact) mass is 173 g/mol. The lowest BCUT2D eigenvalue weighted by molar-refractivity contribution is -0.132. The zero-order valence-electron chi connectivity index (χ0n) is 8.05. The van der Waals surface area contributed by atoms with E-state index in [-0.39, 0.29) is 12.5 Å². The van der Waals surface area contributed by atoms with Gasteiger partial charge in [0.05, 0.1) is 0 Å². The Bertz CT molecular complexity index is 126. The van der Waals surface area contributed by atoms with Crippen LogP contribution in [0.4, 0.5) is 0 Å². The highest BCUT2D eigenvalue weighted by Gasteiger charge is 2.04. The van der Waals surface area contributed by atoms with Gasteiger partial charge >= 0.3 is 0 Å². The molecule has 0 radical (unpaired) electrons. The number of nitrogens with zero attached hydrogens (tertiary/aromatic N) is 1. The molecule has 3 heteroatoms. The minimum Gasteiger partial charge on any atom is -0.387 e. The smallest absolute Gasteiger partial charge is 0.248 e. The van der Waals surface area contributed by atoms with Crippen molar-refractivity contribution >= 4 is 5.91 Å². The van der Waals surface area contributed by atoms with Crippen LogP contribution in [0.15, 0.2) is 0 Å². The summed E-state index contributed by atoms with van der Waals surface area (Å²) in [4.78, 5) is 12.4. The predicted octanol–water partition coefficient (Wildman–Crippen LogP) is 1.02. The first-order valence-corrected chi connectivity index (χ1v) is 4.57. The van der Waals surface area contributed by atoms with Gasteiger partial charge in [-0.25, -0.2) is 0 Å². The van der Waals surface area contributed by atoms with Crippen LogP contribution in [-0.4, -0.2) is 36.1 Å². The second-order valence-electron chi connectivity index (χ2n) is 3.03. The van der Waals surface area contributed by atoms with E-state index in [2.05, 4.69) is 6.92 Å². The molecule has 0 aliphatic rings. The van der Waals surface area contributed by atoms with Crippen molar-refractivity contribution in [2.45, 2.75) is 32.6 Å². The topological polar surface area (TPSA) is 40.5 Å². The van der Waals surface area contributed by atoms with Gasteiger partial charge in [0.2, 0.25) is 5.91 Å². The maximum atomic E-state index is 10.9. The molecule has 0 aromatic carbocycles. The molecule has 0 unspecified atom stereocenters. The maximum absolute atomic E-state index is 10.9. The number of rotatable bonds is 6. The predicted molar refractivity (Wildman–Crippen MR) is 48.9 cm³/mol. The molecule has 0 heterocycles. The molecular weight excluding hydrogens is 154 g/mol. The van der Waals surface area contributed by atoms with Crippen LogP contribution in [0.2, 0.25) is 0 Å². The van der Waals surface area contributed by atoms with Gasteiger partial charge in [-0.15, -0.1) is 0 Å². The summed E-state index contributed by atoms with van der Waals surface area (Å²) < 4.78 is 0. The van der Waals surface area contributed by atoms with E-state index in [1.165, 1.54) is 19.3 Å². The Labute approximate surface area is 74.4 Å². The van der Waals surface area contributed by atoms with E-state index in [0.717, 1.165) is 13.0 Å². The third-order valence-corrected chi connectivity index (χ3v) is 1.91. The number of aliphatic hydroxyl groups excluding tert-OH is 1. The highest BCUT2D eigenvalue weighted by Crippen LogP contribution is 1.99. The van der Waals surface area contributed by atoms with E-state index in [4.69, 9.17) is 5.11 Å². The summed E-state index contributed by atoms with van der Waals surface area (Å²) in [5, 5.41) is 8.52. The summed E-state index contributed by atoms with van der Waals surface area (Å²) in [6.45, 7) is 2.55. The molecule has 1 N–H and O–H groups in total. The van der Waals surface area contributed by atoms with Gasteiger partial charge in [-0.1, -0.05) is 26.2 Å². The van der Waals surface area contributed by atoms with Crippen LogP contribution >= 0.6 is 0 Å². The molecule has 0 rings (SSSR count). The molecule has 0 spiro atoms. The Kier molecular flexibility index (Phi) is 6.76. The van der Waals surface area contributed by atoms with Gasteiger partial charge in [0.15, 0.2) is 0 Å². The Hall–Kier alpha value is -0.570. The molecule has 0 aliphatic carbocycles. The first-order chi connectivity index (χ1) is 5.72. The quantitative estimate of drug-likeness (QED) is 0.609. The zero-order chi connectivity index (χ0) is 9.40. The van der Waals surface area contributed by atoms with Crippen molar-refractivity contribution in [1.82, 2.24) is 4.90 Å². The third kappa shape index (κ3) is 5.13. The lowest BCUT2D eigenvalue weighted by atomic mass is 10.2. The van der Waals surface area contributed by atoms with Crippen molar-refractivity contribution in [3.05, 3.63) is 0 Å². The maximum Gasteiger partial charge on any atom is 0.248 e. The van der Waals surface area contributed by atoms with Gasteiger partial charge < -0.3 is 10.0 Å². The number of unbranched alkanes of at least 4 members (excludes halogenated alkanes) is 3. The lowest BCUT2D eigenvalue weighted by Crippen LogP contribution is -2.30. The molecular formula is C9H19NO2. The Balaban J connectivity index is 3.31. The van der Waals surface area contributed by atoms with E-state index in [0.29, 0.717) is 0 Å². The lowest BCUT2D eigenvalue weighted by Gasteiger charge is -2.14. The van der Waals surface area contributed by atoms with Crippen molar-refractivity contribution in [2.75, 3.05) is 20.2 Å². The second kappa shape index (κ2) is 7.10. The van der Waals surface area contributed by atoms with Crippen LogP contribution in [0.5, 0.6) is 0 Å². The van der Waals surface area contributed by atoms with Crippen LogP contribution in [0.1, 0.15) is 32.6 Å². The molecule has 3 nitrogen and oxygen atoms in total. The largest absolute Gasteiger partial charge is 0.387 e. The summed E-state index contributed by atoms with van der Waals surface area (Å²) in [6, 6.07) is 0. The van der Waals surface area contributed by atoms with E-state index >= 15 is 0 Å². The molecule has 0 aromatic heterocycles. The zero-order valence-corrected chi connectivity index (χ0v) is 8.05. The fourth-order valence-corrected chi connectivity index (χ4v) is 1.02. The molecule has 72 valence electrons. The summed E-state index contributed by atoms with van der Waals surface area (Å²) in [6.07, 6.45) is 4.63. The Morgan fingerprint density at radius 3 is 2.50 bits per heavy atom. The van der Waals surface area contributed by atoms with Crippen LogP contribution in [0.25, 0.3) is 0 Å². The van der Waals surface area contributed by atoms with Crippen LogP contribution in [0, 0.1) is 0 Å². The highest BCUT2D eigenvalue weighted by atomic mass is 16.3. The molecule has 1 amide bonds. The fourth-order valence-electron chi connectivity index (χ4n) is 1.02.